The van der Waals surface area contributed by atoms with Crippen LogP contribution in [0.2, 0.25) is 0 Å². The van der Waals surface area contributed by atoms with E-state index in [9.17, 15) is 0 Å². The maximum atomic E-state index is 5.08. The molecule has 8 aromatic heterocycles. The van der Waals surface area contributed by atoms with Gasteiger partial charge in [0.1, 0.15) is 0 Å². The lowest BCUT2D eigenvalue weighted by molar-refractivity contribution is 1.07. The van der Waals surface area contributed by atoms with Crippen molar-refractivity contribution in [3.8, 4) is 192 Å². The molecule has 0 N–H and O–H groups in total. The zero-order valence-electron chi connectivity index (χ0n) is 62.7. The highest BCUT2D eigenvalue weighted by molar-refractivity contribution is 5.81. The van der Waals surface area contributed by atoms with Gasteiger partial charge in [0.15, 0.2) is 23.3 Å². The predicted octanol–water partition coefficient (Wildman–Crippen LogP) is 25.4. The van der Waals surface area contributed by atoms with Crippen LogP contribution in [0.3, 0.4) is 0 Å². The topological polar surface area (TPSA) is 142 Å². The van der Waals surface area contributed by atoms with E-state index in [2.05, 4.69) is 230 Å². The number of aromatic nitrogens is 11. The summed E-state index contributed by atoms with van der Waals surface area (Å²) in [6.07, 6.45) is 7.56. The summed E-state index contributed by atoms with van der Waals surface area (Å²) in [5, 5.41) is 0. The molecular formula is C104H71N11. The molecule has 0 radical (unpaired) electrons. The van der Waals surface area contributed by atoms with Gasteiger partial charge in [0.2, 0.25) is 0 Å². The van der Waals surface area contributed by atoms with Crippen LogP contribution in [0.15, 0.2) is 413 Å². The molecular weight excluding hydrogens is 1400 g/mol. The van der Waals surface area contributed by atoms with Gasteiger partial charge < -0.3 is 0 Å². The molecule has 0 bridgehead atoms. The van der Waals surface area contributed by atoms with Crippen molar-refractivity contribution in [2.24, 2.45) is 0 Å². The summed E-state index contributed by atoms with van der Waals surface area (Å²) in [6, 6.07) is 133. The first-order chi connectivity index (χ1) is 56.8. The largest absolute Gasteiger partial charge is 0.255 e. The van der Waals surface area contributed by atoms with Crippen molar-refractivity contribution in [3.63, 3.8) is 0 Å². The number of hydrogen-bond donors (Lipinski definition) is 0. The van der Waals surface area contributed by atoms with E-state index in [0.29, 0.717) is 23.3 Å². The Morgan fingerprint density at radius 2 is 0.374 bits per heavy atom. The highest BCUT2D eigenvalue weighted by Crippen LogP contribution is 2.37. The number of rotatable bonds is 17. The van der Waals surface area contributed by atoms with Crippen LogP contribution in [0.1, 0.15) is 5.56 Å². The zero-order valence-corrected chi connectivity index (χ0v) is 62.7. The Labute approximate surface area is 667 Å². The number of benzene rings is 11. The van der Waals surface area contributed by atoms with Gasteiger partial charge in [-0.1, -0.05) is 333 Å². The molecule has 115 heavy (non-hydrogen) atoms. The monoisotopic (exact) mass is 1470 g/mol. The minimum absolute atomic E-state index is 0.635. The van der Waals surface area contributed by atoms with Crippen molar-refractivity contribution in [1.29, 1.82) is 0 Å². The lowest BCUT2D eigenvalue weighted by Crippen LogP contribution is -2.00. The van der Waals surface area contributed by atoms with Crippen LogP contribution in [0, 0.1) is 6.92 Å². The zero-order chi connectivity index (χ0) is 77.1. The van der Waals surface area contributed by atoms with E-state index in [1.54, 1.807) is 6.20 Å². The fourth-order valence-electron chi connectivity index (χ4n) is 14.0. The Kier molecular flexibility index (Phi) is 20.3. The Hall–Kier alpha value is -15.6. The highest BCUT2D eigenvalue weighted by Gasteiger charge is 2.18. The number of nitrogens with zero attached hydrogens (tertiary/aromatic N) is 11. The van der Waals surface area contributed by atoms with Crippen molar-refractivity contribution < 1.29 is 0 Å². The molecule has 11 aromatic carbocycles. The number of hydrogen-bond acceptors (Lipinski definition) is 11. The van der Waals surface area contributed by atoms with Crippen molar-refractivity contribution >= 4 is 0 Å². The van der Waals surface area contributed by atoms with E-state index in [-0.39, 0.29) is 0 Å². The van der Waals surface area contributed by atoms with Crippen LogP contribution in [0.5, 0.6) is 0 Å². The van der Waals surface area contributed by atoms with Gasteiger partial charge in [-0.05, 0) is 129 Å². The molecule has 0 spiro atoms. The molecule has 0 saturated carbocycles. The van der Waals surface area contributed by atoms with E-state index in [4.69, 9.17) is 49.8 Å². The lowest BCUT2D eigenvalue weighted by atomic mass is 9.99. The number of pyridine rings is 6. The minimum Gasteiger partial charge on any atom is -0.255 e. The molecule has 11 heteroatoms. The fraction of sp³-hybridized carbons (Fsp3) is 0.00962. The van der Waals surface area contributed by atoms with Crippen LogP contribution >= 0.6 is 0 Å². The second kappa shape index (κ2) is 32.9. The molecule has 0 aliphatic rings. The summed E-state index contributed by atoms with van der Waals surface area (Å²) in [6.45, 7) is 2.10. The molecule has 19 rings (SSSR count). The quantitative estimate of drug-likeness (QED) is 0.0860. The Morgan fingerprint density at radius 1 is 0.139 bits per heavy atom. The maximum Gasteiger partial charge on any atom is 0.164 e. The smallest absolute Gasteiger partial charge is 0.164 e. The summed E-state index contributed by atoms with van der Waals surface area (Å²) in [5.41, 5.74) is 30.6. The molecule has 11 nitrogen and oxygen atoms in total. The third-order valence-corrected chi connectivity index (χ3v) is 20.2. The molecule has 0 unspecified atom stereocenters. The normalized spacial score (nSPS) is 11.0. The van der Waals surface area contributed by atoms with Gasteiger partial charge in [0.25, 0.3) is 0 Å². The van der Waals surface area contributed by atoms with Gasteiger partial charge in [0, 0.05) is 74.9 Å². The van der Waals surface area contributed by atoms with Crippen molar-refractivity contribution in [1.82, 2.24) is 54.8 Å². The van der Waals surface area contributed by atoms with Crippen LogP contribution in [0.4, 0.5) is 0 Å². The molecule has 0 atom stereocenters. The third-order valence-electron chi connectivity index (χ3n) is 20.2. The number of aryl methyl sites for hydroxylation is 1. The molecule has 542 valence electrons. The average Bonchev–Trinajstić information content (AvgIpc) is 0.806. The van der Waals surface area contributed by atoms with E-state index in [1.807, 2.05) is 188 Å². The van der Waals surface area contributed by atoms with Crippen LogP contribution in [0.25, 0.3) is 192 Å². The molecule has 0 amide bonds. The van der Waals surface area contributed by atoms with E-state index >= 15 is 0 Å². The predicted molar refractivity (Wildman–Crippen MR) is 466 cm³/mol. The van der Waals surface area contributed by atoms with Crippen molar-refractivity contribution in [2.45, 2.75) is 6.92 Å². The molecule has 8 heterocycles. The van der Waals surface area contributed by atoms with Crippen molar-refractivity contribution in [2.75, 3.05) is 0 Å². The van der Waals surface area contributed by atoms with E-state index in [0.717, 1.165) is 168 Å². The standard InChI is InChI=1S/C55H37N5.C49H34N6/c1-5-13-38(14-6-1)46-29-31-49(56-36-46)53-33-48(39-15-7-2-8-16-39)34-54(58-53)50-32-30-47(37-57-50)42-23-21-40(22-24-42)41-25-27-44(28-26-41)52-35-51(43-17-9-3-10-18-43)59-55(60-52)45-19-11-4-12-20-45;1-33-15-17-37(18-16-33)42-30-45(43-14-8-9-29-50-43)52-46(31-42)44-28-27-41(32-51-44)36-21-19-34(20-22-36)35-23-25-40(26-24-35)49-54-47(38-10-4-2-5-11-38)53-48(55-49)39-12-6-3-7-13-39/h1-37H;2-32H,1H3. The molecule has 0 fully saturated rings. The molecule has 19 aromatic rings. The average molecular weight is 1470 g/mol. The summed E-state index contributed by atoms with van der Waals surface area (Å²) in [4.78, 5) is 53.8. The Morgan fingerprint density at radius 3 is 0.704 bits per heavy atom. The molecule has 0 saturated heterocycles. The fourth-order valence-corrected chi connectivity index (χ4v) is 14.0. The SMILES string of the molecule is Cc1ccc(-c2cc(-c3ccccn3)nc(-c3ccc(-c4ccc(-c5ccc(-c6nc(-c7ccccc7)nc(-c7ccccc7)n6)cc5)cc4)cn3)c2)cc1.c1ccc(-c2ccc(-c3cc(-c4ccccc4)cc(-c4ccc(-c5ccc(-c6ccc(-c7cc(-c8ccccc8)nc(-c8ccccc8)n7)cc6)cc5)cn4)n3)nc2)cc1. The summed E-state index contributed by atoms with van der Waals surface area (Å²) in [7, 11) is 0. The van der Waals surface area contributed by atoms with Crippen LogP contribution < -0.4 is 0 Å². The van der Waals surface area contributed by atoms with Gasteiger partial charge in [-0.25, -0.2) is 34.9 Å². The second-order valence-corrected chi connectivity index (χ2v) is 27.9. The first-order valence-corrected chi connectivity index (χ1v) is 38.2. The van der Waals surface area contributed by atoms with E-state index < -0.39 is 0 Å². The molecule has 0 aliphatic carbocycles. The van der Waals surface area contributed by atoms with Crippen molar-refractivity contribution in [3.05, 3.63) is 419 Å². The summed E-state index contributed by atoms with van der Waals surface area (Å²) in [5.74, 6) is 2.63. The van der Waals surface area contributed by atoms with Crippen LogP contribution in [-0.4, -0.2) is 54.8 Å². The maximum absolute atomic E-state index is 5.08. The van der Waals surface area contributed by atoms with Gasteiger partial charge >= 0.3 is 0 Å². The Balaban J connectivity index is 0.000000160. The second-order valence-electron chi connectivity index (χ2n) is 27.9. The first-order valence-electron chi connectivity index (χ1n) is 38.2. The highest BCUT2D eigenvalue weighted by atomic mass is 15.0. The van der Waals surface area contributed by atoms with Gasteiger partial charge in [-0.15, -0.1) is 0 Å². The first kappa shape index (κ1) is 71.0. The Bertz CT molecular complexity index is 6400. The van der Waals surface area contributed by atoms with Gasteiger partial charge in [-0.3, -0.25) is 19.9 Å². The third kappa shape index (κ3) is 16.4. The van der Waals surface area contributed by atoms with Crippen LogP contribution in [-0.2, 0) is 0 Å². The van der Waals surface area contributed by atoms with Gasteiger partial charge in [0.05, 0.1) is 56.9 Å². The summed E-state index contributed by atoms with van der Waals surface area (Å²) >= 11 is 0. The summed E-state index contributed by atoms with van der Waals surface area (Å²) < 4.78 is 0. The van der Waals surface area contributed by atoms with E-state index in [1.165, 1.54) is 5.56 Å². The minimum atomic E-state index is 0.635. The lowest BCUT2D eigenvalue weighted by Gasteiger charge is -2.11. The molecule has 0 aliphatic heterocycles. The van der Waals surface area contributed by atoms with Gasteiger partial charge in [-0.2, -0.15) is 0 Å².